The van der Waals surface area contributed by atoms with Crippen molar-refractivity contribution in [2.45, 2.75) is 52.6 Å². The summed E-state index contributed by atoms with van der Waals surface area (Å²) in [5.41, 5.74) is 0.477. The van der Waals surface area contributed by atoms with Gasteiger partial charge in [-0.25, -0.2) is 4.79 Å². The molecule has 0 saturated heterocycles. The molecule has 19 heavy (non-hydrogen) atoms. The Balaban J connectivity index is 2.44. The van der Waals surface area contributed by atoms with E-state index in [1.54, 1.807) is 12.1 Å². The summed E-state index contributed by atoms with van der Waals surface area (Å²) in [7, 11) is 0. The van der Waals surface area contributed by atoms with Crippen molar-refractivity contribution in [1.29, 1.82) is 0 Å². The number of phenolic OH excluding ortho intramolecular Hbond substituents is 1. The Kier molecular flexibility index (Phi) is 6.40. The zero-order chi connectivity index (χ0) is 14.3. The van der Waals surface area contributed by atoms with Crippen LogP contribution in [0.25, 0.3) is 0 Å². The van der Waals surface area contributed by atoms with Gasteiger partial charge >= 0.3 is 5.97 Å². The third-order valence-electron chi connectivity index (χ3n) is 3.46. The number of hydrogen-bond donors (Lipinski definition) is 1. The molecule has 0 heterocycles. The molecule has 0 aliphatic heterocycles. The van der Waals surface area contributed by atoms with E-state index in [0.29, 0.717) is 11.5 Å². The first-order valence-corrected chi connectivity index (χ1v) is 7.04. The number of phenols is 1. The minimum atomic E-state index is -0.324. The van der Waals surface area contributed by atoms with Crippen LogP contribution in [0.5, 0.6) is 5.75 Å². The van der Waals surface area contributed by atoms with E-state index in [9.17, 15) is 9.90 Å². The summed E-state index contributed by atoms with van der Waals surface area (Å²) in [6.07, 6.45) is 4.60. The maximum absolute atomic E-state index is 11.9. The molecule has 1 rings (SSSR count). The maximum Gasteiger partial charge on any atom is 0.338 e. The molecular weight excluding hydrogens is 240 g/mol. The second kappa shape index (κ2) is 7.82. The topological polar surface area (TPSA) is 46.5 Å². The SMILES string of the molecule is CCCCC[C@@H](C)[C@@H](C)OC(=O)c1ccc(O)cc1. The fraction of sp³-hybridized carbons (Fsp3) is 0.562. The molecule has 3 nitrogen and oxygen atoms in total. The molecule has 1 aromatic carbocycles. The van der Waals surface area contributed by atoms with E-state index in [0.717, 1.165) is 6.42 Å². The number of carbonyl (C=O) groups is 1. The smallest absolute Gasteiger partial charge is 0.338 e. The van der Waals surface area contributed by atoms with E-state index in [-0.39, 0.29) is 17.8 Å². The van der Waals surface area contributed by atoms with Gasteiger partial charge in [-0.15, -0.1) is 0 Å². The third kappa shape index (κ3) is 5.33. The highest BCUT2D eigenvalue weighted by atomic mass is 16.5. The highest BCUT2D eigenvalue weighted by Gasteiger charge is 2.17. The Morgan fingerprint density at radius 3 is 2.42 bits per heavy atom. The number of esters is 1. The third-order valence-corrected chi connectivity index (χ3v) is 3.46. The average Bonchev–Trinajstić information content (AvgIpc) is 2.39. The fourth-order valence-corrected chi connectivity index (χ4v) is 1.90. The van der Waals surface area contributed by atoms with E-state index in [1.165, 1.54) is 31.4 Å². The van der Waals surface area contributed by atoms with Crippen molar-refractivity contribution in [2.24, 2.45) is 5.92 Å². The van der Waals surface area contributed by atoms with Gasteiger partial charge in [0, 0.05) is 0 Å². The lowest BCUT2D eigenvalue weighted by atomic mass is 9.98. The molecule has 0 radical (unpaired) electrons. The molecule has 0 fully saturated rings. The lowest BCUT2D eigenvalue weighted by Crippen LogP contribution is -2.22. The van der Waals surface area contributed by atoms with Crippen molar-refractivity contribution in [2.75, 3.05) is 0 Å². The van der Waals surface area contributed by atoms with Crippen LogP contribution < -0.4 is 0 Å². The van der Waals surface area contributed by atoms with Gasteiger partial charge in [-0.3, -0.25) is 0 Å². The van der Waals surface area contributed by atoms with Crippen LogP contribution in [0.15, 0.2) is 24.3 Å². The summed E-state index contributed by atoms with van der Waals surface area (Å²) in [4.78, 5) is 11.9. The molecule has 0 saturated carbocycles. The van der Waals surface area contributed by atoms with Gasteiger partial charge in [0.1, 0.15) is 11.9 Å². The highest BCUT2D eigenvalue weighted by Crippen LogP contribution is 2.18. The number of carbonyl (C=O) groups excluding carboxylic acids is 1. The molecule has 1 N–H and O–H groups in total. The van der Waals surface area contributed by atoms with Crippen molar-refractivity contribution in [1.82, 2.24) is 0 Å². The molecule has 0 spiro atoms. The molecule has 0 aliphatic rings. The Morgan fingerprint density at radius 1 is 1.21 bits per heavy atom. The van der Waals surface area contributed by atoms with E-state index < -0.39 is 0 Å². The largest absolute Gasteiger partial charge is 0.508 e. The molecule has 0 aromatic heterocycles. The molecule has 106 valence electrons. The fourth-order valence-electron chi connectivity index (χ4n) is 1.90. The van der Waals surface area contributed by atoms with Gasteiger partial charge in [-0.2, -0.15) is 0 Å². The Bertz CT molecular complexity index is 383. The van der Waals surface area contributed by atoms with Crippen LogP contribution in [0.4, 0.5) is 0 Å². The second-order valence-corrected chi connectivity index (χ2v) is 5.13. The summed E-state index contributed by atoms with van der Waals surface area (Å²) in [6.45, 7) is 6.23. The summed E-state index contributed by atoms with van der Waals surface area (Å²) in [5.74, 6) is 0.194. The summed E-state index contributed by atoms with van der Waals surface area (Å²) in [6, 6.07) is 6.14. The van der Waals surface area contributed by atoms with Gasteiger partial charge in [0.15, 0.2) is 0 Å². The average molecular weight is 264 g/mol. The van der Waals surface area contributed by atoms with Gasteiger partial charge in [-0.1, -0.05) is 33.1 Å². The number of ether oxygens (including phenoxy) is 1. The zero-order valence-corrected chi connectivity index (χ0v) is 12.1. The van der Waals surface area contributed by atoms with E-state index in [2.05, 4.69) is 13.8 Å². The molecule has 3 heteroatoms. The van der Waals surface area contributed by atoms with Crippen molar-refractivity contribution in [3.05, 3.63) is 29.8 Å². The number of unbranched alkanes of at least 4 members (excludes halogenated alkanes) is 2. The number of aromatic hydroxyl groups is 1. The Morgan fingerprint density at radius 2 is 1.84 bits per heavy atom. The number of benzene rings is 1. The normalized spacial score (nSPS) is 13.8. The van der Waals surface area contributed by atoms with Gasteiger partial charge in [0.25, 0.3) is 0 Å². The van der Waals surface area contributed by atoms with Crippen LogP contribution in [-0.4, -0.2) is 17.2 Å². The standard InChI is InChI=1S/C16H24O3/c1-4-5-6-7-12(2)13(3)19-16(18)14-8-10-15(17)11-9-14/h8-13,17H,4-7H2,1-3H3/t12-,13-/m1/s1. The van der Waals surface area contributed by atoms with Crippen LogP contribution >= 0.6 is 0 Å². The first-order chi connectivity index (χ1) is 9.04. The van der Waals surface area contributed by atoms with Crippen molar-refractivity contribution >= 4 is 5.97 Å². The van der Waals surface area contributed by atoms with Gasteiger partial charge in [0.2, 0.25) is 0 Å². The van der Waals surface area contributed by atoms with Crippen molar-refractivity contribution < 1.29 is 14.6 Å². The van der Waals surface area contributed by atoms with E-state index >= 15 is 0 Å². The van der Waals surface area contributed by atoms with Crippen LogP contribution in [-0.2, 0) is 4.74 Å². The molecule has 2 atom stereocenters. The number of rotatable bonds is 7. The minimum Gasteiger partial charge on any atom is -0.508 e. The summed E-state index contributed by atoms with van der Waals surface area (Å²) >= 11 is 0. The second-order valence-electron chi connectivity index (χ2n) is 5.13. The Labute approximate surface area is 115 Å². The summed E-state index contributed by atoms with van der Waals surface area (Å²) < 4.78 is 5.45. The van der Waals surface area contributed by atoms with Gasteiger partial charge in [-0.05, 0) is 43.5 Å². The molecule has 0 aliphatic carbocycles. The molecule has 0 unspecified atom stereocenters. The minimum absolute atomic E-state index is 0.0850. The molecular formula is C16H24O3. The highest BCUT2D eigenvalue weighted by molar-refractivity contribution is 5.89. The lowest BCUT2D eigenvalue weighted by Gasteiger charge is -2.20. The van der Waals surface area contributed by atoms with Crippen LogP contribution in [0, 0.1) is 5.92 Å². The Hall–Kier alpha value is -1.51. The van der Waals surface area contributed by atoms with Gasteiger partial charge in [0.05, 0.1) is 5.56 Å². The predicted molar refractivity (Wildman–Crippen MR) is 76.3 cm³/mol. The first-order valence-electron chi connectivity index (χ1n) is 7.04. The molecule has 0 amide bonds. The van der Waals surface area contributed by atoms with E-state index in [4.69, 9.17) is 4.74 Å². The van der Waals surface area contributed by atoms with Crippen LogP contribution in [0.3, 0.4) is 0 Å². The quantitative estimate of drug-likeness (QED) is 0.594. The van der Waals surface area contributed by atoms with E-state index in [1.807, 2.05) is 6.92 Å². The summed E-state index contributed by atoms with van der Waals surface area (Å²) in [5, 5.41) is 9.18. The van der Waals surface area contributed by atoms with Crippen LogP contribution in [0.2, 0.25) is 0 Å². The number of hydrogen-bond acceptors (Lipinski definition) is 3. The monoisotopic (exact) mass is 264 g/mol. The molecule has 1 aromatic rings. The first kappa shape index (κ1) is 15.5. The van der Waals surface area contributed by atoms with Crippen LogP contribution in [0.1, 0.15) is 56.8 Å². The zero-order valence-electron chi connectivity index (χ0n) is 12.1. The predicted octanol–water partition coefficient (Wildman–Crippen LogP) is 4.15. The van der Waals surface area contributed by atoms with Crippen molar-refractivity contribution in [3.8, 4) is 5.75 Å². The maximum atomic E-state index is 11.9. The van der Waals surface area contributed by atoms with Gasteiger partial charge < -0.3 is 9.84 Å². The molecule has 0 bridgehead atoms. The lowest BCUT2D eigenvalue weighted by molar-refractivity contribution is 0.0204. The van der Waals surface area contributed by atoms with Crippen molar-refractivity contribution in [3.63, 3.8) is 0 Å².